The second-order valence-corrected chi connectivity index (χ2v) is 18.8. The van der Waals surface area contributed by atoms with Crippen LogP contribution in [0.4, 0.5) is 0 Å². The maximum absolute atomic E-state index is 12.5. The van der Waals surface area contributed by atoms with Crippen molar-refractivity contribution in [3.8, 4) is 0 Å². The van der Waals surface area contributed by atoms with Gasteiger partial charge in [-0.05, 0) is 70.6 Å². The van der Waals surface area contributed by atoms with E-state index in [1.807, 2.05) is 0 Å². The molecule has 0 bridgehead atoms. The van der Waals surface area contributed by atoms with E-state index >= 15 is 0 Å². The Balaban J connectivity index is 3.48. The molecule has 0 saturated carbocycles. The number of rotatable bonds is 50. The van der Waals surface area contributed by atoms with E-state index in [1.165, 1.54) is 218 Å². The summed E-state index contributed by atoms with van der Waals surface area (Å²) in [6.07, 6.45) is 66.0. The second kappa shape index (κ2) is 51.2. The van der Waals surface area contributed by atoms with Crippen LogP contribution in [-0.2, 0) is 4.79 Å². The topological polar surface area (TPSA) is 89.8 Å². The number of carbonyl (C=O) groups excluding carboxylic acids is 1. The van der Waals surface area contributed by atoms with E-state index < -0.39 is 18.2 Å². The van der Waals surface area contributed by atoms with E-state index in [0.717, 1.165) is 44.9 Å². The van der Waals surface area contributed by atoms with Crippen molar-refractivity contribution in [3.63, 3.8) is 0 Å². The van der Waals surface area contributed by atoms with Gasteiger partial charge >= 0.3 is 0 Å². The van der Waals surface area contributed by atoms with Crippen LogP contribution >= 0.6 is 0 Å². The molecular formula is C56H107NO4. The first-order chi connectivity index (χ1) is 30.1. The lowest BCUT2D eigenvalue weighted by Crippen LogP contribution is -2.50. The summed E-state index contributed by atoms with van der Waals surface area (Å²) < 4.78 is 0. The van der Waals surface area contributed by atoms with E-state index in [4.69, 9.17) is 0 Å². The summed E-state index contributed by atoms with van der Waals surface area (Å²) in [4.78, 5) is 12.5. The summed E-state index contributed by atoms with van der Waals surface area (Å²) in [7, 11) is 0. The molecule has 5 heteroatoms. The molecule has 0 fully saturated rings. The van der Waals surface area contributed by atoms with Crippen LogP contribution in [0.5, 0.6) is 0 Å². The average Bonchev–Trinajstić information content (AvgIpc) is 3.26. The number of amides is 1. The quantitative estimate of drug-likeness (QED) is 0.0362. The van der Waals surface area contributed by atoms with E-state index in [-0.39, 0.29) is 12.5 Å². The monoisotopic (exact) mass is 858 g/mol. The van der Waals surface area contributed by atoms with Crippen molar-refractivity contribution in [2.45, 2.75) is 308 Å². The first kappa shape index (κ1) is 59.6. The normalized spacial score (nSPS) is 13.6. The van der Waals surface area contributed by atoms with Gasteiger partial charge in [-0.25, -0.2) is 0 Å². The molecule has 0 aliphatic carbocycles. The molecular weight excluding hydrogens is 751 g/mol. The number of hydrogen-bond acceptors (Lipinski definition) is 4. The summed E-state index contributed by atoms with van der Waals surface area (Å²) in [5.41, 5.74) is 0. The van der Waals surface area contributed by atoms with Gasteiger partial charge in [0.05, 0.1) is 18.8 Å². The minimum absolute atomic E-state index is 0.152. The zero-order chi connectivity index (χ0) is 44.4. The Hall–Kier alpha value is -1.43. The Morgan fingerprint density at radius 1 is 0.410 bits per heavy atom. The first-order valence-corrected chi connectivity index (χ1v) is 27.3. The van der Waals surface area contributed by atoms with Crippen LogP contribution in [0.2, 0.25) is 0 Å². The second-order valence-electron chi connectivity index (χ2n) is 18.8. The first-order valence-electron chi connectivity index (χ1n) is 27.3. The molecule has 0 heterocycles. The van der Waals surface area contributed by atoms with Gasteiger partial charge in [0.2, 0.25) is 5.91 Å². The lowest BCUT2D eigenvalue weighted by molar-refractivity contribution is -0.124. The number of hydrogen-bond donors (Lipinski definition) is 4. The number of aliphatic hydroxyl groups is 3. The van der Waals surface area contributed by atoms with Crippen LogP contribution in [0, 0.1) is 0 Å². The molecule has 0 saturated heterocycles. The minimum atomic E-state index is -1.16. The Labute approximate surface area is 381 Å². The Bertz CT molecular complexity index is 947. The molecule has 61 heavy (non-hydrogen) atoms. The van der Waals surface area contributed by atoms with Crippen molar-refractivity contribution in [3.05, 3.63) is 36.5 Å². The largest absolute Gasteiger partial charge is 0.394 e. The molecule has 0 aromatic rings. The Kier molecular flexibility index (Phi) is 50.0. The van der Waals surface area contributed by atoms with Crippen LogP contribution < -0.4 is 5.32 Å². The number of aliphatic hydroxyl groups excluding tert-OH is 3. The average molecular weight is 858 g/mol. The lowest BCUT2D eigenvalue weighted by Gasteiger charge is -2.26. The number of allylic oxidation sites excluding steroid dienone is 6. The van der Waals surface area contributed by atoms with Gasteiger partial charge in [-0.3, -0.25) is 4.79 Å². The molecule has 0 spiro atoms. The van der Waals surface area contributed by atoms with Crippen LogP contribution in [-0.4, -0.2) is 46.1 Å². The fraction of sp³-hybridized carbons (Fsp3) is 0.875. The van der Waals surface area contributed by atoms with Gasteiger partial charge < -0.3 is 20.6 Å². The third-order valence-corrected chi connectivity index (χ3v) is 12.7. The highest BCUT2D eigenvalue weighted by Gasteiger charge is 2.26. The lowest BCUT2D eigenvalue weighted by atomic mass is 10.0. The van der Waals surface area contributed by atoms with Crippen molar-refractivity contribution in [2.75, 3.05) is 6.61 Å². The van der Waals surface area contributed by atoms with Gasteiger partial charge in [0.1, 0.15) is 6.10 Å². The third kappa shape index (κ3) is 46.4. The number of carbonyl (C=O) groups is 1. The molecule has 4 N–H and O–H groups in total. The maximum atomic E-state index is 12.5. The van der Waals surface area contributed by atoms with Crippen LogP contribution in [0.3, 0.4) is 0 Å². The van der Waals surface area contributed by atoms with E-state index in [1.54, 1.807) is 0 Å². The zero-order valence-electron chi connectivity index (χ0n) is 41.1. The molecule has 0 radical (unpaired) electrons. The van der Waals surface area contributed by atoms with Crippen molar-refractivity contribution in [2.24, 2.45) is 0 Å². The minimum Gasteiger partial charge on any atom is -0.394 e. The van der Waals surface area contributed by atoms with Gasteiger partial charge in [-0.15, -0.1) is 0 Å². The molecule has 1 amide bonds. The van der Waals surface area contributed by atoms with Gasteiger partial charge in [-0.1, -0.05) is 249 Å². The number of nitrogens with one attached hydrogen (secondary N) is 1. The molecule has 0 aliphatic heterocycles. The van der Waals surface area contributed by atoms with E-state index in [9.17, 15) is 20.1 Å². The maximum Gasteiger partial charge on any atom is 0.220 e. The van der Waals surface area contributed by atoms with Gasteiger partial charge in [0, 0.05) is 6.42 Å². The van der Waals surface area contributed by atoms with Crippen LogP contribution in [0.1, 0.15) is 290 Å². The molecule has 0 rings (SSSR count). The van der Waals surface area contributed by atoms with Crippen molar-refractivity contribution < 1.29 is 20.1 Å². The molecule has 0 aliphatic rings. The molecule has 360 valence electrons. The highest BCUT2D eigenvalue weighted by molar-refractivity contribution is 5.76. The van der Waals surface area contributed by atoms with Crippen molar-refractivity contribution >= 4 is 5.91 Å². The van der Waals surface area contributed by atoms with Crippen molar-refractivity contribution in [1.29, 1.82) is 0 Å². The zero-order valence-corrected chi connectivity index (χ0v) is 41.1. The predicted octanol–water partition coefficient (Wildman–Crippen LogP) is 16.7. The number of unbranched alkanes of at least 4 members (excludes halogenated alkanes) is 36. The molecule has 3 atom stereocenters. The van der Waals surface area contributed by atoms with Gasteiger partial charge in [-0.2, -0.15) is 0 Å². The van der Waals surface area contributed by atoms with E-state index in [0.29, 0.717) is 12.8 Å². The highest BCUT2D eigenvalue weighted by Crippen LogP contribution is 2.17. The SMILES string of the molecule is CCCCCCCCC/C=C/CCCC(O)C(O)C(CO)NC(=O)CCCCCCCCCCCCCCCCCCC/C=C\C/C=C\CCCCCCCCCCCCC. The summed E-state index contributed by atoms with van der Waals surface area (Å²) in [5, 5.41) is 33.5. The summed E-state index contributed by atoms with van der Waals surface area (Å²) in [6.45, 7) is 4.17. The van der Waals surface area contributed by atoms with E-state index in [2.05, 4.69) is 55.6 Å². The molecule has 3 unspecified atom stereocenters. The Morgan fingerprint density at radius 3 is 1.05 bits per heavy atom. The molecule has 0 aromatic heterocycles. The highest BCUT2D eigenvalue weighted by atomic mass is 16.3. The standard InChI is InChI=1S/C56H107NO4/c1-3-5-7-9-11-13-15-17-18-19-20-21-22-23-24-25-26-27-28-29-30-31-32-33-34-35-36-37-38-39-41-43-45-47-49-51-55(60)57-53(52-58)56(61)54(59)50-48-46-44-42-40-16-14-12-10-8-6-4-2/h22-23,25-26,42,44,53-54,56,58-59,61H,3-21,24,27-41,43,45-52H2,1-2H3,(H,57,60)/b23-22-,26-25-,44-42+. The third-order valence-electron chi connectivity index (χ3n) is 12.7. The molecule has 5 nitrogen and oxygen atoms in total. The summed E-state index contributed by atoms with van der Waals surface area (Å²) >= 11 is 0. The smallest absolute Gasteiger partial charge is 0.220 e. The van der Waals surface area contributed by atoms with Gasteiger partial charge in [0.15, 0.2) is 0 Å². The fourth-order valence-electron chi connectivity index (χ4n) is 8.49. The summed E-state index contributed by atoms with van der Waals surface area (Å²) in [5.74, 6) is -0.152. The predicted molar refractivity (Wildman–Crippen MR) is 268 cm³/mol. The summed E-state index contributed by atoms with van der Waals surface area (Å²) in [6, 6.07) is -0.824. The fourth-order valence-corrected chi connectivity index (χ4v) is 8.49. The van der Waals surface area contributed by atoms with Crippen molar-refractivity contribution in [1.82, 2.24) is 5.32 Å². The van der Waals surface area contributed by atoms with Crippen LogP contribution in [0.15, 0.2) is 36.5 Å². The van der Waals surface area contributed by atoms with Gasteiger partial charge in [0.25, 0.3) is 0 Å². The molecule has 0 aromatic carbocycles. The van der Waals surface area contributed by atoms with Crippen LogP contribution in [0.25, 0.3) is 0 Å². The Morgan fingerprint density at radius 2 is 0.705 bits per heavy atom.